The van der Waals surface area contributed by atoms with Gasteiger partial charge in [0.25, 0.3) is 0 Å². The Morgan fingerprint density at radius 1 is 1.41 bits per heavy atom. The number of hydrogen-bond donors (Lipinski definition) is 2. The molecule has 1 aromatic rings. The number of piperidine rings is 1. The van der Waals surface area contributed by atoms with E-state index in [0.29, 0.717) is 18.7 Å². The summed E-state index contributed by atoms with van der Waals surface area (Å²) in [6, 6.07) is 3.15. The van der Waals surface area contributed by atoms with Crippen LogP contribution in [0.5, 0.6) is 0 Å². The van der Waals surface area contributed by atoms with Gasteiger partial charge in [-0.2, -0.15) is 0 Å². The summed E-state index contributed by atoms with van der Waals surface area (Å²) in [6.45, 7) is 3.23. The van der Waals surface area contributed by atoms with E-state index in [4.69, 9.17) is 9.15 Å². The van der Waals surface area contributed by atoms with Crippen molar-refractivity contribution in [1.29, 1.82) is 0 Å². The van der Waals surface area contributed by atoms with Crippen LogP contribution in [-0.2, 0) is 11.2 Å². The topological polar surface area (TPSA) is 57.9 Å². The molecule has 2 N–H and O–H groups in total. The van der Waals surface area contributed by atoms with Gasteiger partial charge < -0.3 is 24.5 Å². The van der Waals surface area contributed by atoms with Crippen LogP contribution < -0.4 is 5.32 Å². The third-order valence-electron chi connectivity index (χ3n) is 4.90. The summed E-state index contributed by atoms with van der Waals surface area (Å²) in [5.74, 6) is 1.17. The maximum atomic E-state index is 9.82. The Balaban J connectivity index is 1.45. The van der Waals surface area contributed by atoms with Gasteiger partial charge in [-0.1, -0.05) is 0 Å². The second-order valence-electron chi connectivity index (χ2n) is 6.59. The molecule has 2 heterocycles. The molecule has 2 aliphatic rings. The van der Waals surface area contributed by atoms with E-state index in [1.165, 1.54) is 24.2 Å². The quantitative estimate of drug-likeness (QED) is 0.838. The normalized spacial score (nSPS) is 25.1. The predicted octanol–water partition coefficient (Wildman–Crippen LogP) is 1.72. The molecule has 0 spiro atoms. The molecular weight excluding hydrogens is 280 g/mol. The van der Waals surface area contributed by atoms with Crippen LogP contribution in [0.25, 0.3) is 0 Å². The summed E-state index contributed by atoms with van der Waals surface area (Å²) in [5.41, 5.74) is 1.36. The van der Waals surface area contributed by atoms with Crippen LogP contribution in [-0.4, -0.2) is 55.5 Å². The van der Waals surface area contributed by atoms with Gasteiger partial charge in [-0.3, -0.25) is 0 Å². The number of β-amino-alcohol motifs (C(OH)–C–C–N with tert-alkyl or cyclic N) is 1. The van der Waals surface area contributed by atoms with Crippen molar-refractivity contribution in [3.8, 4) is 0 Å². The molecule has 124 valence electrons. The number of methoxy groups -OCH3 is 1. The second-order valence-corrected chi connectivity index (χ2v) is 6.59. The van der Waals surface area contributed by atoms with Gasteiger partial charge in [-0.05, 0) is 44.8 Å². The molecule has 0 bridgehead atoms. The summed E-state index contributed by atoms with van der Waals surface area (Å²) in [7, 11) is 1.63. The third kappa shape index (κ3) is 3.90. The number of ether oxygens (including phenoxy) is 1. The van der Waals surface area contributed by atoms with Crippen molar-refractivity contribution in [2.45, 2.75) is 50.3 Å². The fourth-order valence-electron chi connectivity index (χ4n) is 3.77. The van der Waals surface area contributed by atoms with E-state index in [0.717, 1.165) is 38.9 Å². The molecule has 1 fully saturated rings. The largest absolute Gasteiger partial charge is 0.469 e. The van der Waals surface area contributed by atoms with Gasteiger partial charge in [-0.15, -0.1) is 0 Å². The average Bonchev–Trinajstić information content (AvgIpc) is 2.99. The lowest BCUT2D eigenvalue weighted by molar-refractivity contribution is 0.0306. The number of hydrogen-bond acceptors (Lipinski definition) is 5. The number of furan rings is 1. The highest BCUT2D eigenvalue weighted by Crippen LogP contribution is 2.31. The Labute approximate surface area is 132 Å². The summed E-state index contributed by atoms with van der Waals surface area (Å²) in [6.07, 6.45) is 7.23. The smallest absolute Gasteiger partial charge is 0.108 e. The first-order chi connectivity index (χ1) is 10.8. The lowest BCUT2D eigenvalue weighted by atomic mass is 9.91. The summed E-state index contributed by atoms with van der Waals surface area (Å²) >= 11 is 0. The van der Waals surface area contributed by atoms with Crippen molar-refractivity contribution < 1.29 is 14.3 Å². The van der Waals surface area contributed by atoms with Gasteiger partial charge in [0.2, 0.25) is 0 Å². The molecule has 2 unspecified atom stereocenters. The number of nitrogens with zero attached hydrogens (tertiary/aromatic N) is 1. The molecule has 1 aromatic heterocycles. The van der Waals surface area contributed by atoms with Crippen LogP contribution in [0, 0.1) is 0 Å². The number of fused-ring (bicyclic) bond motifs is 1. The van der Waals surface area contributed by atoms with E-state index in [-0.39, 0.29) is 6.10 Å². The standard InChI is InChI=1S/C17H28N2O3/c1-21-12-14(20)11-19-8-5-13(6-9-19)18-16-3-2-4-17-15(16)7-10-22-17/h7,10,13-14,16,18,20H,2-6,8-9,11-12H2,1H3. The van der Waals surface area contributed by atoms with E-state index >= 15 is 0 Å². The van der Waals surface area contributed by atoms with Crippen molar-refractivity contribution >= 4 is 0 Å². The van der Waals surface area contributed by atoms with E-state index in [1.54, 1.807) is 7.11 Å². The van der Waals surface area contributed by atoms with Crippen LogP contribution in [0.4, 0.5) is 0 Å². The number of likely N-dealkylation sites (tertiary alicyclic amines) is 1. The molecule has 3 rings (SSSR count). The average molecular weight is 308 g/mol. The van der Waals surface area contributed by atoms with E-state index in [9.17, 15) is 5.11 Å². The third-order valence-corrected chi connectivity index (χ3v) is 4.90. The van der Waals surface area contributed by atoms with Crippen molar-refractivity contribution in [1.82, 2.24) is 10.2 Å². The molecule has 1 aliphatic heterocycles. The zero-order valence-electron chi connectivity index (χ0n) is 13.5. The highest BCUT2D eigenvalue weighted by atomic mass is 16.5. The molecule has 0 aromatic carbocycles. The molecule has 22 heavy (non-hydrogen) atoms. The van der Waals surface area contributed by atoms with Gasteiger partial charge >= 0.3 is 0 Å². The van der Waals surface area contributed by atoms with E-state index in [1.807, 2.05) is 6.26 Å². The van der Waals surface area contributed by atoms with Crippen LogP contribution in [0.3, 0.4) is 0 Å². The number of aryl methyl sites for hydroxylation is 1. The van der Waals surface area contributed by atoms with Gasteiger partial charge in [-0.25, -0.2) is 0 Å². The Bertz CT molecular complexity index is 455. The molecule has 0 amide bonds. The lowest BCUT2D eigenvalue weighted by Crippen LogP contribution is -2.46. The minimum absolute atomic E-state index is 0.374. The highest BCUT2D eigenvalue weighted by Gasteiger charge is 2.27. The molecule has 1 saturated heterocycles. The van der Waals surface area contributed by atoms with Crippen molar-refractivity contribution in [2.24, 2.45) is 0 Å². The van der Waals surface area contributed by atoms with Gasteiger partial charge in [0, 0.05) is 37.7 Å². The molecule has 1 aliphatic carbocycles. The van der Waals surface area contributed by atoms with Crippen LogP contribution in [0.15, 0.2) is 16.7 Å². The molecule has 0 radical (unpaired) electrons. The maximum absolute atomic E-state index is 9.82. The lowest BCUT2D eigenvalue weighted by Gasteiger charge is -2.36. The SMILES string of the molecule is COCC(O)CN1CCC(NC2CCCc3occc32)CC1. The Morgan fingerprint density at radius 3 is 3.00 bits per heavy atom. The van der Waals surface area contributed by atoms with Crippen LogP contribution in [0.1, 0.15) is 43.0 Å². The maximum Gasteiger partial charge on any atom is 0.108 e. The minimum atomic E-state index is -0.374. The fraction of sp³-hybridized carbons (Fsp3) is 0.765. The van der Waals surface area contributed by atoms with E-state index < -0.39 is 0 Å². The second kappa shape index (κ2) is 7.59. The first-order valence-corrected chi connectivity index (χ1v) is 8.48. The van der Waals surface area contributed by atoms with Gasteiger partial charge in [0.1, 0.15) is 5.76 Å². The fourth-order valence-corrected chi connectivity index (χ4v) is 3.77. The van der Waals surface area contributed by atoms with Crippen LogP contribution >= 0.6 is 0 Å². The predicted molar refractivity (Wildman–Crippen MR) is 84.9 cm³/mol. The summed E-state index contributed by atoms with van der Waals surface area (Å²) < 4.78 is 10.6. The first-order valence-electron chi connectivity index (χ1n) is 8.48. The molecule has 0 saturated carbocycles. The number of nitrogens with one attached hydrogen (secondary N) is 1. The number of aliphatic hydroxyl groups excluding tert-OH is 1. The highest BCUT2D eigenvalue weighted by molar-refractivity contribution is 5.24. The summed E-state index contributed by atoms with van der Waals surface area (Å²) in [4.78, 5) is 2.34. The van der Waals surface area contributed by atoms with Gasteiger partial charge in [0.15, 0.2) is 0 Å². The molecule has 5 heteroatoms. The zero-order chi connectivity index (χ0) is 15.4. The van der Waals surface area contributed by atoms with Crippen molar-refractivity contribution in [3.63, 3.8) is 0 Å². The molecular formula is C17H28N2O3. The Hall–Kier alpha value is -0.880. The van der Waals surface area contributed by atoms with Crippen LogP contribution in [0.2, 0.25) is 0 Å². The monoisotopic (exact) mass is 308 g/mol. The number of rotatable bonds is 6. The Morgan fingerprint density at radius 2 is 2.23 bits per heavy atom. The first kappa shape index (κ1) is 16.0. The zero-order valence-corrected chi connectivity index (χ0v) is 13.5. The van der Waals surface area contributed by atoms with Gasteiger partial charge in [0.05, 0.1) is 19.0 Å². The molecule has 5 nitrogen and oxygen atoms in total. The van der Waals surface area contributed by atoms with Crippen molar-refractivity contribution in [3.05, 3.63) is 23.7 Å². The van der Waals surface area contributed by atoms with E-state index in [2.05, 4.69) is 16.3 Å². The molecule has 2 atom stereocenters. The minimum Gasteiger partial charge on any atom is -0.469 e. The number of aliphatic hydroxyl groups is 1. The van der Waals surface area contributed by atoms with Crippen molar-refractivity contribution in [2.75, 3.05) is 33.4 Å². The summed E-state index contributed by atoms with van der Waals surface area (Å²) in [5, 5.41) is 13.6. The Kier molecular flexibility index (Phi) is 5.52.